The molecule has 36 heavy (non-hydrogen) atoms. The van der Waals surface area contributed by atoms with E-state index in [1.54, 1.807) is 7.11 Å². The number of nitrogens with zero attached hydrogens (tertiary/aromatic N) is 5. The van der Waals surface area contributed by atoms with Crippen LogP contribution in [0.2, 0.25) is 0 Å². The summed E-state index contributed by atoms with van der Waals surface area (Å²) >= 11 is 0. The lowest BCUT2D eigenvalue weighted by Gasteiger charge is -2.39. The third kappa shape index (κ3) is 5.18. The summed E-state index contributed by atoms with van der Waals surface area (Å²) in [5.41, 5.74) is 2.65. The van der Waals surface area contributed by atoms with Gasteiger partial charge in [0, 0.05) is 24.2 Å². The summed E-state index contributed by atoms with van der Waals surface area (Å²) in [6, 6.07) is 18.5. The average Bonchev–Trinajstić information content (AvgIpc) is 3.37. The molecule has 1 unspecified atom stereocenters. The molecule has 2 aromatic heterocycles. The number of nitrogens with one attached hydrogen (secondary N) is 1. The molecule has 0 bridgehead atoms. The zero-order chi connectivity index (χ0) is 24.9. The van der Waals surface area contributed by atoms with Crippen LogP contribution in [0.3, 0.4) is 0 Å². The summed E-state index contributed by atoms with van der Waals surface area (Å²) in [6.45, 7) is 3.36. The minimum Gasteiger partial charge on any atom is -0.497 e. The Morgan fingerprint density at radius 3 is 2.67 bits per heavy atom. The smallest absolute Gasteiger partial charge is 0.252 e. The SMILES string of the molecule is CCC(c1nnnn1Cc1ccccc1)N(Cc1cc2ccc(OC)cc2[nH]c1=O)C1CCCCC1. The van der Waals surface area contributed by atoms with Crippen molar-refractivity contribution in [3.63, 3.8) is 0 Å². The molecule has 5 rings (SSSR count). The van der Waals surface area contributed by atoms with Gasteiger partial charge in [0.1, 0.15) is 5.75 Å². The number of methoxy groups -OCH3 is 1. The van der Waals surface area contributed by atoms with E-state index in [1.165, 1.54) is 19.3 Å². The third-order valence-electron chi connectivity index (χ3n) is 7.35. The molecule has 1 N–H and O–H groups in total. The number of rotatable bonds is 9. The Labute approximate surface area is 211 Å². The van der Waals surface area contributed by atoms with Crippen molar-refractivity contribution in [3.8, 4) is 5.75 Å². The highest BCUT2D eigenvalue weighted by Gasteiger charge is 2.32. The van der Waals surface area contributed by atoms with Crippen molar-refractivity contribution in [2.24, 2.45) is 0 Å². The number of benzene rings is 2. The number of H-pyrrole nitrogens is 1. The van der Waals surface area contributed by atoms with Crippen LogP contribution in [0, 0.1) is 0 Å². The minimum absolute atomic E-state index is 0.0118. The molecule has 1 aliphatic carbocycles. The fraction of sp³-hybridized carbons (Fsp3) is 0.429. The van der Waals surface area contributed by atoms with Gasteiger partial charge in [-0.15, -0.1) is 5.10 Å². The molecule has 1 aliphatic rings. The molecule has 0 radical (unpaired) electrons. The van der Waals surface area contributed by atoms with Crippen LogP contribution in [0.1, 0.15) is 68.4 Å². The van der Waals surface area contributed by atoms with Gasteiger partial charge in [-0.3, -0.25) is 9.69 Å². The van der Waals surface area contributed by atoms with Gasteiger partial charge in [-0.25, -0.2) is 4.68 Å². The van der Waals surface area contributed by atoms with Crippen molar-refractivity contribution >= 4 is 10.9 Å². The van der Waals surface area contributed by atoms with E-state index < -0.39 is 0 Å². The molecule has 1 saturated carbocycles. The molecule has 1 fully saturated rings. The van der Waals surface area contributed by atoms with Crippen LogP contribution in [0.4, 0.5) is 0 Å². The van der Waals surface area contributed by atoms with Crippen LogP contribution >= 0.6 is 0 Å². The highest BCUT2D eigenvalue weighted by atomic mass is 16.5. The summed E-state index contributed by atoms with van der Waals surface area (Å²) in [6.07, 6.45) is 6.79. The molecule has 0 amide bonds. The summed E-state index contributed by atoms with van der Waals surface area (Å²) < 4.78 is 7.24. The Morgan fingerprint density at radius 2 is 1.92 bits per heavy atom. The lowest BCUT2D eigenvalue weighted by molar-refractivity contribution is 0.0844. The van der Waals surface area contributed by atoms with Gasteiger partial charge in [-0.05, 0) is 58.8 Å². The van der Waals surface area contributed by atoms with Crippen molar-refractivity contribution in [2.75, 3.05) is 7.11 Å². The Bertz CT molecular complexity index is 1340. The molecule has 4 aromatic rings. The van der Waals surface area contributed by atoms with Gasteiger partial charge < -0.3 is 9.72 Å². The Balaban J connectivity index is 1.50. The molecule has 2 heterocycles. The molecule has 1 atom stereocenters. The zero-order valence-electron chi connectivity index (χ0n) is 21.1. The van der Waals surface area contributed by atoms with Crippen LogP contribution in [0.5, 0.6) is 5.75 Å². The molecule has 2 aromatic carbocycles. The second-order valence-corrected chi connectivity index (χ2v) is 9.65. The predicted octanol–water partition coefficient (Wildman–Crippen LogP) is 4.86. The predicted molar refractivity (Wildman–Crippen MR) is 140 cm³/mol. The first kappa shape index (κ1) is 24.2. The fourth-order valence-corrected chi connectivity index (χ4v) is 5.46. The first-order chi connectivity index (χ1) is 17.7. The van der Waals surface area contributed by atoms with E-state index in [4.69, 9.17) is 4.74 Å². The van der Waals surface area contributed by atoms with Gasteiger partial charge in [0.15, 0.2) is 5.82 Å². The second-order valence-electron chi connectivity index (χ2n) is 9.65. The maximum atomic E-state index is 13.2. The largest absolute Gasteiger partial charge is 0.497 e. The van der Waals surface area contributed by atoms with E-state index in [0.717, 1.165) is 52.9 Å². The van der Waals surface area contributed by atoms with Crippen molar-refractivity contribution in [3.05, 3.63) is 81.9 Å². The van der Waals surface area contributed by atoms with E-state index in [1.807, 2.05) is 47.1 Å². The number of pyridine rings is 1. The normalized spacial score (nSPS) is 15.4. The molecule has 8 nitrogen and oxygen atoms in total. The van der Waals surface area contributed by atoms with E-state index in [-0.39, 0.29) is 11.6 Å². The number of fused-ring (bicyclic) bond motifs is 1. The van der Waals surface area contributed by atoms with Gasteiger partial charge in [-0.2, -0.15) is 0 Å². The van der Waals surface area contributed by atoms with Crippen LogP contribution in [0.15, 0.2) is 59.4 Å². The number of hydrogen-bond acceptors (Lipinski definition) is 6. The van der Waals surface area contributed by atoms with E-state index in [9.17, 15) is 4.79 Å². The minimum atomic E-state index is -0.0599. The molecular formula is C28H34N6O2. The Morgan fingerprint density at radius 1 is 1.11 bits per heavy atom. The highest BCUT2D eigenvalue weighted by Crippen LogP contribution is 2.33. The number of tetrazole rings is 1. The van der Waals surface area contributed by atoms with E-state index in [0.29, 0.717) is 19.1 Å². The molecule has 8 heteroatoms. The Hall–Kier alpha value is -3.52. The van der Waals surface area contributed by atoms with Crippen LogP contribution in [0.25, 0.3) is 10.9 Å². The number of aromatic amines is 1. The zero-order valence-corrected chi connectivity index (χ0v) is 21.1. The number of hydrogen-bond donors (Lipinski definition) is 1. The summed E-state index contributed by atoms with van der Waals surface area (Å²) in [4.78, 5) is 18.7. The van der Waals surface area contributed by atoms with Gasteiger partial charge in [0.05, 0.1) is 25.2 Å². The summed E-state index contributed by atoms with van der Waals surface area (Å²) in [5, 5.41) is 13.9. The van der Waals surface area contributed by atoms with Crippen molar-refractivity contribution < 1.29 is 4.74 Å². The standard InChI is InChI=1S/C28H34N6O2/c1-3-26(27-30-31-32-34(27)18-20-10-6-4-7-11-20)33(23-12-8-5-9-13-23)19-22-16-21-14-15-24(36-2)17-25(21)29-28(22)35/h4,6-7,10-11,14-17,23,26H,3,5,8-9,12-13,18-19H2,1-2H3,(H,29,35). The molecule has 0 aliphatic heterocycles. The van der Waals surface area contributed by atoms with Gasteiger partial charge in [0.25, 0.3) is 5.56 Å². The second kappa shape index (κ2) is 11.0. The molecule has 0 spiro atoms. The molecular weight excluding hydrogens is 452 g/mol. The fourth-order valence-electron chi connectivity index (χ4n) is 5.46. The number of aromatic nitrogens is 5. The summed E-state index contributed by atoms with van der Waals surface area (Å²) in [7, 11) is 1.63. The monoisotopic (exact) mass is 486 g/mol. The molecule has 0 saturated heterocycles. The van der Waals surface area contributed by atoms with Gasteiger partial charge in [0.2, 0.25) is 0 Å². The maximum absolute atomic E-state index is 13.2. The average molecular weight is 487 g/mol. The first-order valence-corrected chi connectivity index (χ1v) is 12.9. The van der Waals surface area contributed by atoms with E-state index >= 15 is 0 Å². The quantitative estimate of drug-likeness (QED) is 0.364. The van der Waals surface area contributed by atoms with Gasteiger partial charge >= 0.3 is 0 Å². The van der Waals surface area contributed by atoms with Crippen LogP contribution < -0.4 is 10.3 Å². The summed E-state index contributed by atoms with van der Waals surface area (Å²) in [5.74, 6) is 1.58. The van der Waals surface area contributed by atoms with Crippen LogP contribution in [-0.2, 0) is 13.1 Å². The van der Waals surface area contributed by atoms with Gasteiger partial charge in [-0.1, -0.05) is 56.5 Å². The lowest BCUT2D eigenvalue weighted by Crippen LogP contribution is -2.41. The van der Waals surface area contributed by atoms with Crippen LogP contribution in [-0.4, -0.2) is 43.2 Å². The van der Waals surface area contributed by atoms with Crippen molar-refractivity contribution in [1.29, 1.82) is 0 Å². The molecule has 188 valence electrons. The maximum Gasteiger partial charge on any atom is 0.252 e. The number of ether oxygens (including phenoxy) is 1. The third-order valence-corrected chi connectivity index (χ3v) is 7.35. The van der Waals surface area contributed by atoms with Crippen molar-refractivity contribution in [2.45, 2.75) is 70.6 Å². The lowest BCUT2D eigenvalue weighted by atomic mass is 9.92. The van der Waals surface area contributed by atoms with Crippen molar-refractivity contribution in [1.82, 2.24) is 30.1 Å². The topological polar surface area (TPSA) is 88.9 Å². The first-order valence-electron chi connectivity index (χ1n) is 12.9. The highest BCUT2D eigenvalue weighted by molar-refractivity contribution is 5.80. The Kier molecular flexibility index (Phi) is 7.41. The van der Waals surface area contributed by atoms with E-state index in [2.05, 4.69) is 44.5 Å².